The van der Waals surface area contributed by atoms with Gasteiger partial charge in [0.05, 0.1) is 12.7 Å². The molecular formula is C12H16O2. The van der Waals surface area contributed by atoms with Crippen molar-refractivity contribution < 1.29 is 10.2 Å². The first-order valence-corrected chi connectivity index (χ1v) is 5.04. The second-order valence-corrected chi connectivity index (χ2v) is 4.41. The van der Waals surface area contributed by atoms with Crippen LogP contribution >= 0.6 is 0 Å². The van der Waals surface area contributed by atoms with Crippen LogP contribution in [0, 0.1) is 5.41 Å². The van der Waals surface area contributed by atoms with E-state index in [1.807, 2.05) is 25.1 Å². The number of aryl methyl sites for hydroxylation is 1. The van der Waals surface area contributed by atoms with Crippen molar-refractivity contribution >= 4 is 0 Å². The van der Waals surface area contributed by atoms with Crippen LogP contribution in [0.2, 0.25) is 0 Å². The molecule has 2 heteroatoms. The van der Waals surface area contributed by atoms with E-state index in [1.165, 1.54) is 5.56 Å². The Bertz CT molecular complexity index is 335. The summed E-state index contributed by atoms with van der Waals surface area (Å²) < 4.78 is 0. The number of fused-ring (bicyclic) bond motifs is 1. The average molecular weight is 192 g/mol. The lowest BCUT2D eigenvalue weighted by Crippen LogP contribution is -2.34. The van der Waals surface area contributed by atoms with Gasteiger partial charge in [0, 0.05) is 5.41 Å². The maximum absolute atomic E-state index is 10.1. The van der Waals surface area contributed by atoms with Crippen LogP contribution in [0.15, 0.2) is 24.3 Å². The fourth-order valence-corrected chi connectivity index (χ4v) is 2.13. The fourth-order valence-electron chi connectivity index (χ4n) is 2.13. The highest BCUT2D eigenvalue weighted by molar-refractivity contribution is 5.33. The normalized spacial score (nSPS) is 31.2. The van der Waals surface area contributed by atoms with Gasteiger partial charge in [-0.25, -0.2) is 0 Å². The Kier molecular flexibility index (Phi) is 2.33. The number of hydrogen-bond acceptors (Lipinski definition) is 2. The van der Waals surface area contributed by atoms with Crippen molar-refractivity contribution in [3.05, 3.63) is 35.4 Å². The number of rotatable bonds is 1. The summed E-state index contributed by atoms with van der Waals surface area (Å²) in [6, 6.07) is 7.93. The van der Waals surface area contributed by atoms with Crippen molar-refractivity contribution in [1.29, 1.82) is 0 Å². The molecule has 0 spiro atoms. The topological polar surface area (TPSA) is 40.5 Å². The van der Waals surface area contributed by atoms with Gasteiger partial charge in [0.15, 0.2) is 0 Å². The van der Waals surface area contributed by atoms with Gasteiger partial charge >= 0.3 is 0 Å². The van der Waals surface area contributed by atoms with E-state index in [1.54, 1.807) is 0 Å². The van der Waals surface area contributed by atoms with Crippen LogP contribution in [0.5, 0.6) is 0 Å². The summed E-state index contributed by atoms with van der Waals surface area (Å²) in [6.45, 7) is 1.98. The summed E-state index contributed by atoms with van der Waals surface area (Å²) in [5.74, 6) is 0. The zero-order valence-electron chi connectivity index (χ0n) is 8.40. The molecule has 1 aromatic carbocycles. The van der Waals surface area contributed by atoms with E-state index in [-0.39, 0.29) is 12.0 Å². The lowest BCUT2D eigenvalue weighted by Gasteiger charge is -2.38. The van der Waals surface area contributed by atoms with E-state index in [0.29, 0.717) is 0 Å². The van der Waals surface area contributed by atoms with Crippen molar-refractivity contribution in [2.45, 2.75) is 25.9 Å². The molecule has 0 fully saturated rings. The number of aliphatic hydroxyl groups is 2. The molecule has 0 radical (unpaired) electrons. The first-order chi connectivity index (χ1) is 6.67. The summed E-state index contributed by atoms with van der Waals surface area (Å²) in [7, 11) is 0. The van der Waals surface area contributed by atoms with Crippen molar-refractivity contribution in [2.75, 3.05) is 6.61 Å². The van der Waals surface area contributed by atoms with Crippen LogP contribution in [0.3, 0.4) is 0 Å². The SMILES string of the molecule is C[C@@]1(CO)CCc2ccccc2[C@@H]1O. The van der Waals surface area contributed by atoms with Crippen molar-refractivity contribution in [3.8, 4) is 0 Å². The quantitative estimate of drug-likeness (QED) is 0.710. The van der Waals surface area contributed by atoms with Crippen molar-refractivity contribution in [1.82, 2.24) is 0 Å². The zero-order valence-corrected chi connectivity index (χ0v) is 8.40. The van der Waals surface area contributed by atoms with E-state index < -0.39 is 6.10 Å². The fraction of sp³-hybridized carbons (Fsp3) is 0.500. The van der Waals surface area contributed by atoms with Gasteiger partial charge in [0.1, 0.15) is 0 Å². The van der Waals surface area contributed by atoms with Crippen LogP contribution < -0.4 is 0 Å². The van der Waals surface area contributed by atoms with E-state index in [9.17, 15) is 10.2 Å². The maximum atomic E-state index is 10.1. The minimum absolute atomic E-state index is 0.0441. The molecule has 1 aromatic rings. The summed E-state index contributed by atoms with van der Waals surface area (Å²) >= 11 is 0. The number of benzene rings is 1. The molecular weight excluding hydrogens is 176 g/mol. The van der Waals surface area contributed by atoms with Gasteiger partial charge in [-0.05, 0) is 24.0 Å². The third kappa shape index (κ3) is 1.35. The molecule has 0 saturated carbocycles. The van der Waals surface area contributed by atoms with Gasteiger partial charge in [0.25, 0.3) is 0 Å². The zero-order chi connectivity index (χ0) is 10.2. The summed E-state index contributed by atoms with van der Waals surface area (Å²) in [6.07, 6.45) is 1.27. The number of hydrogen-bond donors (Lipinski definition) is 2. The Morgan fingerprint density at radius 3 is 2.86 bits per heavy atom. The summed E-state index contributed by atoms with van der Waals surface area (Å²) in [4.78, 5) is 0. The van der Waals surface area contributed by atoms with Gasteiger partial charge < -0.3 is 10.2 Å². The molecule has 0 unspecified atom stereocenters. The highest BCUT2D eigenvalue weighted by Gasteiger charge is 2.37. The molecule has 14 heavy (non-hydrogen) atoms. The molecule has 2 nitrogen and oxygen atoms in total. The van der Waals surface area contributed by atoms with Crippen molar-refractivity contribution in [2.24, 2.45) is 5.41 Å². The highest BCUT2D eigenvalue weighted by Crippen LogP contribution is 2.43. The van der Waals surface area contributed by atoms with Gasteiger partial charge in [-0.1, -0.05) is 31.2 Å². The lowest BCUT2D eigenvalue weighted by molar-refractivity contribution is -0.0200. The molecule has 0 saturated heterocycles. The second kappa shape index (κ2) is 3.37. The molecule has 0 heterocycles. The standard InChI is InChI=1S/C12H16O2/c1-12(8-13)7-6-9-4-2-3-5-10(9)11(12)14/h2-5,11,13-14H,6-8H2,1H3/t11-,12-/m0/s1. The van der Waals surface area contributed by atoms with Crippen LogP contribution in [0.1, 0.15) is 30.6 Å². The molecule has 2 atom stereocenters. The van der Waals surface area contributed by atoms with Crippen LogP contribution in [-0.4, -0.2) is 16.8 Å². The van der Waals surface area contributed by atoms with Crippen LogP contribution in [0.4, 0.5) is 0 Å². The first-order valence-electron chi connectivity index (χ1n) is 5.04. The molecule has 0 amide bonds. The van der Waals surface area contributed by atoms with E-state index in [2.05, 4.69) is 6.07 Å². The Morgan fingerprint density at radius 1 is 1.43 bits per heavy atom. The molecule has 0 aromatic heterocycles. The molecule has 0 aliphatic heterocycles. The molecule has 2 N–H and O–H groups in total. The Labute approximate surface area is 84.2 Å². The minimum atomic E-state index is -0.530. The maximum Gasteiger partial charge on any atom is 0.0868 e. The van der Waals surface area contributed by atoms with Gasteiger partial charge in [0.2, 0.25) is 0 Å². The summed E-state index contributed by atoms with van der Waals surface area (Å²) in [5, 5.41) is 19.4. The van der Waals surface area contributed by atoms with Crippen LogP contribution in [-0.2, 0) is 6.42 Å². The van der Waals surface area contributed by atoms with Crippen molar-refractivity contribution in [3.63, 3.8) is 0 Å². The predicted octanol–water partition coefficient (Wildman–Crippen LogP) is 1.66. The second-order valence-electron chi connectivity index (χ2n) is 4.41. The van der Waals surface area contributed by atoms with Gasteiger partial charge in [-0.2, -0.15) is 0 Å². The molecule has 1 aliphatic carbocycles. The Hall–Kier alpha value is -0.860. The predicted molar refractivity (Wildman–Crippen MR) is 54.9 cm³/mol. The largest absolute Gasteiger partial charge is 0.396 e. The smallest absolute Gasteiger partial charge is 0.0868 e. The lowest BCUT2D eigenvalue weighted by atomic mass is 9.71. The molecule has 76 valence electrons. The van der Waals surface area contributed by atoms with E-state index >= 15 is 0 Å². The molecule has 2 rings (SSSR count). The molecule has 0 bridgehead atoms. The monoisotopic (exact) mass is 192 g/mol. The first kappa shape index (κ1) is 9.69. The van der Waals surface area contributed by atoms with Gasteiger partial charge in [-0.3, -0.25) is 0 Å². The molecule has 1 aliphatic rings. The average Bonchev–Trinajstić information content (AvgIpc) is 2.24. The third-order valence-corrected chi connectivity index (χ3v) is 3.34. The van der Waals surface area contributed by atoms with E-state index in [0.717, 1.165) is 18.4 Å². The van der Waals surface area contributed by atoms with Gasteiger partial charge in [-0.15, -0.1) is 0 Å². The highest BCUT2D eigenvalue weighted by atomic mass is 16.3. The Morgan fingerprint density at radius 2 is 2.14 bits per heavy atom. The minimum Gasteiger partial charge on any atom is -0.396 e. The number of aliphatic hydroxyl groups excluding tert-OH is 2. The Balaban J connectivity index is 2.41. The van der Waals surface area contributed by atoms with Crippen LogP contribution in [0.25, 0.3) is 0 Å². The van der Waals surface area contributed by atoms with E-state index in [4.69, 9.17) is 0 Å². The summed E-state index contributed by atoms with van der Waals surface area (Å²) in [5.41, 5.74) is 1.83. The third-order valence-electron chi connectivity index (χ3n) is 3.34.